The van der Waals surface area contributed by atoms with Crippen molar-refractivity contribution in [1.29, 1.82) is 0 Å². The van der Waals surface area contributed by atoms with Crippen LogP contribution in [0.2, 0.25) is 0 Å². The Hall–Kier alpha value is -1.94. The average molecular weight is 308 g/mol. The molecule has 1 heterocycles. The number of nitrogens with one attached hydrogen (secondary N) is 1. The smallest absolute Gasteiger partial charge is 0.407 e. The number of phenolic OH excluding ortho intramolecular Hbond substituents is 1. The summed E-state index contributed by atoms with van der Waals surface area (Å²) in [5, 5.41) is 14.6. The van der Waals surface area contributed by atoms with Crippen LogP contribution in [0.15, 0.2) is 36.4 Å². The fourth-order valence-electron chi connectivity index (χ4n) is 2.75. The van der Waals surface area contributed by atoms with E-state index < -0.39 is 6.09 Å². The first-order valence-corrected chi connectivity index (χ1v) is 6.63. The fraction of sp³-hybridized carbons (Fsp3) is 0.312. The minimum atomic E-state index is -0.397. The summed E-state index contributed by atoms with van der Waals surface area (Å²) in [6.07, 6.45) is -0.397. The molecule has 0 radical (unpaired) electrons. The van der Waals surface area contributed by atoms with Gasteiger partial charge in [0.1, 0.15) is 12.4 Å². The van der Waals surface area contributed by atoms with E-state index in [9.17, 15) is 9.90 Å². The van der Waals surface area contributed by atoms with Gasteiger partial charge in [-0.2, -0.15) is 0 Å². The highest BCUT2D eigenvalue weighted by Crippen LogP contribution is 2.40. The number of fused-ring (bicyclic) bond motifs is 1. The van der Waals surface area contributed by atoms with E-state index in [2.05, 4.69) is 19.2 Å². The molecule has 1 aliphatic heterocycles. The van der Waals surface area contributed by atoms with E-state index in [4.69, 9.17) is 4.74 Å². The molecule has 1 saturated heterocycles. The molecule has 0 bridgehead atoms. The number of aromatic hydroxyl groups is 1. The van der Waals surface area contributed by atoms with E-state index in [1.807, 2.05) is 30.3 Å². The molecule has 0 spiro atoms. The first kappa shape index (κ1) is 15.4. The molecule has 0 saturated carbocycles. The molecule has 1 atom stereocenters. The average Bonchev–Trinajstić information content (AvgIpc) is 2.43. The maximum absolute atomic E-state index is 11.6. The second-order valence-electron chi connectivity index (χ2n) is 5.86. The van der Waals surface area contributed by atoms with E-state index in [-0.39, 0.29) is 29.6 Å². The van der Waals surface area contributed by atoms with Crippen LogP contribution in [0, 0.1) is 5.41 Å². The summed E-state index contributed by atoms with van der Waals surface area (Å²) in [7, 11) is 0. The molecule has 1 fully saturated rings. The Kier molecular flexibility index (Phi) is 4.01. The van der Waals surface area contributed by atoms with Crippen molar-refractivity contribution in [2.75, 3.05) is 6.61 Å². The molecule has 4 nitrogen and oxygen atoms in total. The zero-order chi connectivity index (χ0) is 14.3. The van der Waals surface area contributed by atoms with Gasteiger partial charge in [-0.1, -0.05) is 44.2 Å². The highest BCUT2D eigenvalue weighted by Gasteiger charge is 2.38. The fourth-order valence-corrected chi connectivity index (χ4v) is 2.75. The lowest BCUT2D eigenvalue weighted by Gasteiger charge is -2.39. The number of amides is 1. The van der Waals surface area contributed by atoms with E-state index in [1.165, 1.54) is 0 Å². The van der Waals surface area contributed by atoms with Gasteiger partial charge in [0.25, 0.3) is 0 Å². The SMILES string of the molecule is CC1(C)COC(=O)N[C@H]1c1ccc(O)c2ccccc12.Cl. The summed E-state index contributed by atoms with van der Waals surface area (Å²) in [5.74, 6) is 0.251. The van der Waals surface area contributed by atoms with Gasteiger partial charge in [-0.3, -0.25) is 0 Å². The molecule has 0 unspecified atom stereocenters. The number of benzene rings is 2. The van der Waals surface area contributed by atoms with E-state index in [0.29, 0.717) is 6.61 Å². The summed E-state index contributed by atoms with van der Waals surface area (Å²) in [4.78, 5) is 11.6. The van der Waals surface area contributed by atoms with Crippen molar-refractivity contribution in [2.24, 2.45) is 5.41 Å². The third-order valence-corrected chi connectivity index (χ3v) is 3.86. The van der Waals surface area contributed by atoms with E-state index in [0.717, 1.165) is 16.3 Å². The molecule has 5 heteroatoms. The number of halogens is 1. The van der Waals surface area contributed by atoms with Gasteiger partial charge in [-0.15, -0.1) is 12.4 Å². The monoisotopic (exact) mass is 307 g/mol. The maximum Gasteiger partial charge on any atom is 0.407 e. The zero-order valence-electron chi connectivity index (χ0n) is 11.9. The lowest BCUT2D eigenvalue weighted by Crippen LogP contribution is -2.47. The summed E-state index contributed by atoms with van der Waals surface area (Å²) in [6, 6.07) is 11.1. The van der Waals surface area contributed by atoms with Crippen LogP contribution in [0.5, 0.6) is 5.75 Å². The van der Waals surface area contributed by atoms with Gasteiger partial charge in [-0.05, 0) is 17.0 Å². The Morgan fingerprint density at radius 3 is 2.57 bits per heavy atom. The second kappa shape index (κ2) is 5.45. The molecule has 0 aromatic heterocycles. The van der Waals surface area contributed by atoms with Gasteiger partial charge in [0.05, 0.1) is 6.04 Å². The van der Waals surface area contributed by atoms with Crippen molar-refractivity contribution < 1.29 is 14.6 Å². The molecule has 112 valence electrons. The van der Waals surface area contributed by atoms with Crippen LogP contribution in [-0.4, -0.2) is 17.8 Å². The lowest BCUT2D eigenvalue weighted by atomic mass is 9.79. The van der Waals surface area contributed by atoms with Gasteiger partial charge < -0.3 is 15.2 Å². The molecule has 2 N–H and O–H groups in total. The number of alkyl carbamates (subject to hydrolysis) is 1. The quantitative estimate of drug-likeness (QED) is 0.843. The number of carbonyl (C=O) groups excluding carboxylic acids is 1. The molecule has 2 aromatic carbocycles. The van der Waals surface area contributed by atoms with Crippen molar-refractivity contribution >= 4 is 29.3 Å². The van der Waals surface area contributed by atoms with Crippen LogP contribution >= 0.6 is 12.4 Å². The van der Waals surface area contributed by atoms with Crippen LogP contribution < -0.4 is 5.32 Å². The highest BCUT2D eigenvalue weighted by molar-refractivity contribution is 5.91. The van der Waals surface area contributed by atoms with Crippen molar-refractivity contribution in [3.05, 3.63) is 42.0 Å². The predicted molar refractivity (Wildman–Crippen MR) is 83.9 cm³/mol. The van der Waals surface area contributed by atoms with Gasteiger partial charge in [0.2, 0.25) is 0 Å². The standard InChI is InChI=1S/C16H17NO3.ClH/c1-16(2)9-20-15(19)17-14(16)12-7-8-13(18)11-6-4-3-5-10(11)12;/h3-8,14,18H,9H2,1-2H3,(H,17,19);1H/t14-;/m0./s1. The van der Waals surface area contributed by atoms with Gasteiger partial charge in [0.15, 0.2) is 0 Å². The van der Waals surface area contributed by atoms with Gasteiger partial charge >= 0.3 is 6.09 Å². The number of hydrogen-bond donors (Lipinski definition) is 2. The minimum Gasteiger partial charge on any atom is -0.507 e. The number of phenols is 1. The molecule has 0 aliphatic carbocycles. The first-order chi connectivity index (χ1) is 9.49. The van der Waals surface area contributed by atoms with E-state index in [1.54, 1.807) is 6.07 Å². The third kappa shape index (κ3) is 2.63. The van der Waals surface area contributed by atoms with Crippen molar-refractivity contribution in [2.45, 2.75) is 19.9 Å². The molecule has 2 aromatic rings. The van der Waals surface area contributed by atoms with Crippen molar-refractivity contribution in [3.8, 4) is 5.75 Å². The molecular formula is C16H18ClNO3. The molecule has 3 rings (SSSR count). The van der Waals surface area contributed by atoms with Gasteiger partial charge in [-0.25, -0.2) is 4.79 Å². The largest absolute Gasteiger partial charge is 0.507 e. The number of ether oxygens (including phenoxy) is 1. The van der Waals surface area contributed by atoms with Crippen LogP contribution in [0.1, 0.15) is 25.5 Å². The van der Waals surface area contributed by atoms with Crippen LogP contribution in [0.25, 0.3) is 10.8 Å². The Balaban J connectivity index is 0.00000161. The lowest BCUT2D eigenvalue weighted by molar-refractivity contribution is 0.0391. The second-order valence-corrected chi connectivity index (χ2v) is 5.86. The highest BCUT2D eigenvalue weighted by atomic mass is 35.5. The summed E-state index contributed by atoms with van der Waals surface area (Å²) >= 11 is 0. The molecule has 1 aliphatic rings. The number of cyclic esters (lactones) is 1. The number of rotatable bonds is 1. The van der Waals surface area contributed by atoms with Crippen molar-refractivity contribution in [1.82, 2.24) is 5.32 Å². The number of hydrogen-bond acceptors (Lipinski definition) is 3. The number of carbonyl (C=O) groups is 1. The predicted octanol–water partition coefficient (Wildman–Crippen LogP) is 3.77. The topological polar surface area (TPSA) is 58.6 Å². The normalized spacial score (nSPS) is 20.3. The first-order valence-electron chi connectivity index (χ1n) is 6.63. The molecular weight excluding hydrogens is 290 g/mol. The molecule has 1 amide bonds. The van der Waals surface area contributed by atoms with Crippen LogP contribution in [0.4, 0.5) is 4.79 Å². The summed E-state index contributed by atoms with van der Waals surface area (Å²) in [6.45, 7) is 4.48. The van der Waals surface area contributed by atoms with Crippen molar-refractivity contribution in [3.63, 3.8) is 0 Å². The Morgan fingerprint density at radius 2 is 1.86 bits per heavy atom. The summed E-state index contributed by atoms with van der Waals surface area (Å²) < 4.78 is 5.08. The molecule has 21 heavy (non-hydrogen) atoms. The Bertz CT molecular complexity index is 684. The third-order valence-electron chi connectivity index (χ3n) is 3.86. The Labute approximate surface area is 129 Å². The van der Waals surface area contributed by atoms with Crippen LogP contribution in [-0.2, 0) is 4.74 Å². The Morgan fingerprint density at radius 1 is 1.19 bits per heavy atom. The van der Waals surface area contributed by atoms with E-state index >= 15 is 0 Å². The minimum absolute atomic E-state index is 0. The van der Waals surface area contributed by atoms with Crippen LogP contribution in [0.3, 0.4) is 0 Å². The zero-order valence-corrected chi connectivity index (χ0v) is 12.7. The maximum atomic E-state index is 11.6. The van der Waals surface area contributed by atoms with Gasteiger partial charge in [0, 0.05) is 10.8 Å². The summed E-state index contributed by atoms with van der Waals surface area (Å²) in [5.41, 5.74) is 0.785.